The molecule has 0 aromatic heterocycles. The molecule has 0 saturated heterocycles. The zero-order valence-corrected chi connectivity index (χ0v) is 18.0. The standard InChI is InChI=1S/C24H36N4/c1-6-11-22-20(16-21-18-26-25-14-10-13-19(21)5)17-24(23(22)12-7-2)27-28(9-4)15-8-3/h10-11,13-14,16,18,26-27H,5-9,12,15,17H2,1-4H3/b13-10-,20-16+,21-18-,22-11+,25-14-. The van der Waals surface area contributed by atoms with Crippen molar-refractivity contribution < 1.29 is 0 Å². The molecule has 28 heavy (non-hydrogen) atoms. The summed E-state index contributed by atoms with van der Waals surface area (Å²) in [5, 5.41) is 6.45. The highest BCUT2D eigenvalue weighted by molar-refractivity contribution is 5.73. The Morgan fingerprint density at radius 3 is 2.75 bits per heavy atom. The van der Waals surface area contributed by atoms with Crippen LogP contribution in [0.3, 0.4) is 0 Å². The van der Waals surface area contributed by atoms with Crippen molar-refractivity contribution in [3.63, 3.8) is 0 Å². The second-order valence-corrected chi connectivity index (χ2v) is 7.16. The van der Waals surface area contributed by atoms with Gasteiger partial charge in [-0.2, -0.15) is 5.10 Å². The van der Waals surface area contributed by atoms with E-state index in [-0.39, 0.29) is 0 Å². The summed E-state index contributed by atoms with van der Waals surface area (Å²) in [7, 11) is 0. The summed E-state index contributed by atoms with van der Waals surface area (Å²) < 4.78 is 0. The maximum atomic E-state index is 4.21. The van der Waals surface area contributed by atoms with E-state index in [1.54, 1.807) is 6.21 Å². The van der Waals surface area contributed by atoms with E-state index in [1.165, 1.54) is 22.4 Å². The van der Waals surface area contributed by atoms with Gasteiger partial charge in [0.25, 0.3) is 0 Å². The van der Waals surface area contributed by atoms with Crippen LogP contribution >= 0.6 is 0 Å². The molecule has 0 aromatic carbocycles. The minimum atomic E-state index is 0.930. The number of allylic oxidation sites excluding steroid dienone is 9. The van der Waals surface area contributed by atoms with Crippen molar-refractivity contribution in [3.05, 3.63) is 70.6 Å². The van der Waals surface area contributed by atoms with E-state index in [4.69, 9.17) is 0 Å². The third-order valence-corrected chi connectivity index (χ3v) is 4.93. The highest BCUT2D eigenvalue weighted by Crippen LogP contribution is 2.39. The van der Waals surface area contributed by atoms with Crippen LogP contribution in [-0.2, 0) is 0 Å². The van der Waals surface area contributed by atoms with Gasteiger partial charge in [0.2, 0.25) is 0 Å². The minimum absolute atomic E-state index is 0.930. The fourth-order valence-electron chi connectivity index (χ4n) is 3.60. The Bertz CT molecular complexity index is 732. The smallest absolute Gasteiger partial charge is 0.0472 e. The maximum absolute atomic E-state index is 4.21. The van der Waals surface area contributed by atoms with Crippen LogP contribution in [0.25, 0.3) is 0 Å². The van der Waals surface area contributed by atoms with Crippen molar-refractivity contribution in [2.75, 3.05) is 13.1 Å². The molecule has 1 aliphatic carbocycles. The molecule has 1 heterocycles. The monoisotopic (exact) mass is 380 g/mol. The number of hydrogen-bond acceptors (Lipinski definition) is 4. The third kappa shape index (κ3) is 5.83. The van der Waals surface area contributed by atoms with Gasteiger partial charge in [-0.1, -0.05) is 52.8 Å². The molecule has 4 nitrogen and oxygen atoms in total. The van der Waals surface area contributed by atoms with Crippen molar-refractivity contribution in [2.45, 2.75) is 59.8 Å². The Labute approximate surface area is 171 Å². The topological polar surface area (TPSA) is 39.7 Å². The number of nitrogens with one attached hydrogen (secondary N) is 2. The van der Waals surface area contributed by atoms with E-state index in [1.807, 2.05) is 18.4 Å². The van der Waals surface area contributed by atoms with Gasteiger partial charge in [0.1, 0.15) is 0 Å². The minimum Gasteiger partial charge on any atom is -0.322 e. The first kappa shape index (κ1) is 22.0. The summed E-state index contributed by atoms with van der Waals surface area (Å²) >= 11 is 0. The Morgan fingerprint density at radius 1 is 1.25 bits per heavy atom. The van der Waals surface area contributed by atoms with Crippen molar-refractivity contribution in [1.29, 1.82) is 0 Å². The summed E-state index contributed by atoms with van der Waals surface area (Å²) in [5.74, 6) is 0. The lowest BCUT2D eigenvalue weighted by Gasteiger charge is -2.23. The number of hydrazine groups is 1. The molecule has 0 amide bonds. The second-order valence-electron chi connectivity index (χ2n) is 7.16. The second kappa shape index (κ2) is 11.5. The van der Waals surface area contributed by atoms with E-state index >= 15 is 0 Å². The Kier molecular flexibility index (Phi) is 9.02. The molecular weight excluding hydrogens is 344 g/mol. The Morgan fingerprint density at radius 2 is 2.07 bits per heavy atom. The third-order valence-electron chi connectivity index (χ3n) is 4.93. The molecule has 2 rings (SSSR count). The number of nitrogens with zero attached hydrogens (tertiary/aromatic N) is 2. The van der Waals surface area contributed by atoms with Crippen LogP contribution in [0, 0.1) is 0 Å². The summed E-state index contributed by atoms with van der Waals surface area (Å²) in [5.41, 5.74) is 14.3. The maximum Gasteiger partial charge on any atom is 0.0472 e. The Balaban J connectivity index is 2.39. The van der Waals surface area contributed by atoms with Gasteiger partial charge in [-0.15, -0.1) is 0 Å². The lowest BCUT2D eigenvalue weighted by atomic mass is 9.96. The molecule has 0 bridgehead atoms. The Hall–Kier alpha value is -2.33. The average Bonchev–Trinajstić information content (AvgIpc) is 2.98. The normalized spacial score (nSPS) is 24.2. The SMILES string of the molecule is C=C1/C=C\C=N/N/C=C1/C=C1\CC(NN(CC)CCC)=C(CCC)\C1=C\CC. The molecular formula is C24H36N4. The van der Waals surface area contributed by atoms with Gasteiger partial charge in [-0.25, -0.2) is 5.01 Å². The zero-order chi connectivity index (χ0) is 20.4. The van der Waals surface area contributed by atoms with Crippen LogP contribution in [0.1, 0.15) is 59.8 Å². The predicted octanol–water partition coefficient (Wildman–Crippen LogP) is 5.53. The molecule has 0 spiro atoms. The van der Waals surface area contributed by atoms with E-state index in [0.29, 0.717) is 0 Å². The van der Waals surface area contributed by atoms with Crippen LogP contribution in [-0.4, -0.2) is 24.3 Å². The average molecular weight is 381 g/mol. The zero-order valence-electron chi connectivity index (χ0n) is 18.0. The molecule has 0 unspecified atom stereocenters. The van der Waals surface area contributed by atoms with Crippen LogP contribution < -0.4 is 10.9 Å². The summed E-state index contributed by atoms with van der Waals surface area (Å²) in [6.45, 7) is 15.2. The number of hydrogen-bond donors (Lipinski definition) is 2. The fraction of sp³-hybridized carbons (Fsp3) is 0.458. The van der Waals surface area contributed by atoms with Crippen LogP contribution in [0.2, 0.25) is 0 Å². The molecule has 152 valence electrons. The molecule has 0 fully saturated rings. The highest BCUT2D eigenvalue weighted by atomic mass is 15.5. The van der Waals surface area contributed by atoms with Crippen LogP contribution in [0.5, 0.6) is 0 Å². The van der Waals surface area contributed by atoms with Gasteiger partial charge in [0, 0.05) is 37.6 Å². The highest BCUT2D eigenvalue weighted by Gasteiger charge is 2.25. The van der Waals surface area contributed by atoms with Gasteiger partial charge in [0.15, 0.2) is 0 Å². The molecule has 0 aromatic rings. The van der Waals surface area contributed by atoms with Crippen molar-refractivity contribution in [3.8, 4) is 0 Å². The van der Waals surface area contributed by atoms with Crippen LogP contribution in [0.15, 0.2) is 75.7 Å². The van der Waals surface area contributed by atoms with E-state index in [0.717, 1.165) is 56.3 Å². The summed E-state index contributed by atoms with van der Waals surface area (Å²) in [4.78, 5) is 0. The van der Waals surface area contributed by atoms with Gasteiger partial charge >= 0.3 is 0 Å². The number of hydrazone groups is 1. The van der Waals surface area contributed by atoms with Crippen molar-refractivity contribution >= 4 is 6.21 Å². The summed E-state index contributed by atoms with van der Waals surface area (Å²) in [6, 6.07) is 0. The molecule has 1 aliphatic heterocycles. The van der Waals surface area contributed by atoms with E-state index < -0.39 is 0 Å². The van der Waals surface area contributed by atoms with Crippen LogP contribution in [0.4, 0.5) is 0 Å². The van der Waals surface area contributed by atoms with Crippen molar-refractivity contribution in [1.82, 2.24) is 15.9 Å². The van der Waals surface area contributed by atoms with Gasteiger partial charge < -0.3 is 5.43 Å². The first-order valence-electron chi connectivity index (χ1n) is 10.6. The first-order valence-corrected chi connectivity index (χ1v) is 10.6. The number of rotatable bonds is 9. The molecule has 0 saturated carbocycles. The molecule has 0 radical (unpaired) electrons. The lowest BCUT2D eigenvalue weighted by Crippen LogP contribution is -2.37. The quantitative estimate of drug-likeness (QED) is 0.517. The van der Waals surface area contributed by atoms with Gasteiger partial charge in [-0.3, -0.25) is 5.43 Å². The molecule has 4 heteroatoms. The van der Waals surface area contributed by atoms with Crippen molar-refractivity contribution in [2.24, 2.45) is 5.10 Å². The molecule has 2 aliphatic rings. The molecule has 2 N–H and O–H groups in total. The van der Waals surface area contributed by atoms with Gasteiger partial charge in [0.05, 0.1) is 0 Å². The van der Waals surface area contributed by atoms with Gasteiger partial charge in [-0.05, 0) is 59.3 Å². The largest absolute Gasteiger partial charge is 0.322 e. The molecule has 0 atom stereocenters. The summed E-state index contributed by atoms with van der Waals surface area (Å²) in [6.07, 6.45) is 17.6. The predicted molar refractivity (Wildman–Crippen MR) is 122 cm³/mol. The first-order chi connectivity index (χ1) is 13.6. The fourth-order valence-corrected chi connectivity index (χ4v) is 3.60. The van der Waals surface area contributed by atoms with E-state index in [2.05, 4.69) is 67.4 Å². The van der Waals surface area contributed by atoms with E-state index in [9.17, 15) is 0 Å². The lowest BCUT2D eigenvalue weighted by molar-refractivity contribution is 0.222.